The molecule has 0 radical (unpaired) electrons. The van der Waals surface area contributed by atoms with Crippen molar-refractivity contribution < 1.29 is 28.4 Å². The van der Waals surface area contributed by atoms with Gasteiger partial charge in [0.2, 0.25) is 0 Å². The SMILES string of the molecule is COc1ncnc([C-]=O)c1C.[Li+]. The summed E-state index contributed by atoms with van der Waals surface area (Å²) in [7, 11) is 1.49. The number of aromatic nitrogens is 2. The van der Waals surface area contributed by atoms with E-state index < -0.39 is 0 Å². The summed E-state index contributed by atoms with van der Waals surface area (Å²) in [5.74, 6) is 0.415. The molecule has 1 aromatic heterocycles. The smallest absolute Gasteiger partial charge is 0.496 e. The first-order valence-corrected chi connectivity index (χ1v) is 3.03. The normalized spacial score (nSPS) is 8.50. The molecule has 1 rings (SSSR count). The summed E-state index contributed by atoms with van der Waals surface area (Å²) in [6.45, 7) is 1.71. The molecule has 1 heterocycles. The number of nitrogens with zero attached hydrogens (tertiary/aromatic N) is 2. The van der Waals surface area contributed by atoms with Crippen LogP contribution in [0.1, 0.15) is 11.3 Å². The van der Waals surface area contributed by atoms with Crippen molar-refractivity contribution in [1.82, 2.24) is 9.97 Å². The van der Waals surface area contributed by atoms with Crippen LogP contribution in [-0.4, -0.2) is 23.4 Å². The topological polar surface area (TPSA) is 52.1 Å². The van der Waals surface area contributed by atoms with Gasteiger partial charge in [0.15, 0.2) is 0 Å². The minimum atomic E-state index is 0. The van der Waals surface area contributed by atoms with E-state index in [2.05, 4.69) is 9.97 Å². The standard InChI is InChI=1S/C7H7N2O2.Li/c1-5-6(3-10)8-4-9-7(5)11-2;/h4H,1-2H3;/q-1;+1. The van der Waals surface area contributed by atoms with E-state index in [0.29, 0.717) is 11.4 Å². The Balaban J connectivity index is 0.00000121. The molecular weight excluding hydrogens is 151 g/mol. The first kappa shape index (κ1) is 11.1. The maximum Gasteiger partial charge on any atom is 1.00 e. The van der Waals surface area contributed by atoms with Gasteiger partial charge in [-0.25, -0.2) is 4.98 Å². The molecule has 0 aliphatic heterocycles. The molecular formula is C7H7LiN2O2. The summed E-state index contributed by atoms with van der Waals surface area (Å²) in [5, 5.41) is 0. The fourth-order valence-electron chi connectivity index (χ4n) is 0.743. The van der Waals surface area contributed by atoms with E-state index in [1.165, 1.54) is 13.4 Å². The predicted octanol–water partition coefficient (Wildman–Crippen LogP) is -2.74. The quantitative estimate of drug-likeness (QED) is 0.346. The number of carbonyl (C=O) groups excluding carboxylic acids is 1. The van der Waals surface area contributed by atoms with E-state index in [9.17, 15) is 4.79 Å². The number of methoxy groups -OCH3 is 1. The van der Waals surface area contributed by atoms with Crippen LogP contribution in [0.25, 0.3) is 0 Å². The van der Waals surface area contributed by atoms with Crippen molar-refractivity contribution in [1.29, 1.82) is 0 Å². The Morgan fingerprint density at radius 1 is 1.50 bits per heavy atom. The molecule has 0 aromatic carbocycles. The van der Waals surface area contributed by atoms with Crippen molar-refractivity contribution in [2.24, 2.45) is 0 Å². The second-order valence-corrected chi connectivity index (χ2v) is 1.96. The van der Waals surface area contributed by atoms with Crippen LogP contribution in [-0.2, 0) is 4.79 Å². The van der Waals surface area contributed by atoms with E-state index in [-0.39, 0.29) is 24.6 Å². The summed E-state index contributed by atoms with van der Waals surface area (Å²) < 4.78 is 4.86. The van der Waals surface area contributed by atoms with Gasteiger partial charge in [-0.15, -0.1) is 12.5 Å². The van der Waals surface area contributed by atoms with Crippen molar-refractivity contribution in [2.45, 2.75) is 6.92 Å². The van der Waals surface area contributed by atoms with Crippen LogP contribution in [0, 0.1) is 6.92 Å². The Kier molecular flexibility index (Phi) is 4.56. The van der Waals surface area contributed by atoms with Crippen LogP contribution in [0.2, 0.25) is 0 Å². The van der Waals surface area contributed by atoms with Crippen molar-refractivity contribution in [3.63, 3.8) is 0 Å². The van der Waals surface area contributed by atoms with E-state index in [1.807, 2.05) is 0 Å². The zero-order chi connectivity index (χ0) is 8.27. The molecule has 0 bridgehead atoms. The summed E-state index contributed by atoms with van der Waals surface area (Å²) in [5.41, 5.74) is 0.863. The van der Waals surface area contributed by atoms with E-state index in [0.717, 1.165) is 0 Å². The molecule has 58 valence electrons. The molecule has 0 aliphatic rings. The summed E-state index contributed by atoms with van der Waals surface area (Å²) >= 11 is 0. The van der Waals surface area contributed by atoms with Crippen LogP contribution >= 0.6 is 0 Å². The Morgan fingerprint density at radius 3 is 2.67 bits per heavy atom. The van der Waals surface area contributed by atoms with Gasteiger partial charge in [-0.05, 0) is 0 Å². The maximum atomic E-state index is 10.2. The Bertz CT molecular complexity index is 278. The molecule has 4 nitrogen and oxygen atoms in total. The third-order valence-corrected chi connectivity index (χ3v) is 1.33. The Morgan fingerprint density at radius 2 is 2.17 bits per heavy atom. The zero-order valence-corrected chi connectivity index (χ0v) is 7.29. The first-order valence-electron chi connectivity index (χ1n) is 3.03. The first-order chi connectivity index (χ1) is 5.29. The number of rotatable bonds is 2. The van der Waals surface area contributed by atoms with Gasteiger partial charge in [-0.1, -0.05) is 5.69 Å². The Hall–Kier alpha value is -0.853. The minimum absolute atomic E-state index is 0. The monoisotopic (exact) mass is 158 g/mol. The summed E-state index contributed by atoms with van der Waals surface area (Å²) in [4.78, 5) is 17.7. The summed E-state index contributed by atoms with van der Waals surface area (Å²) in [6.07, 6.45) is 2.96. The van der Waals surface area contributed by atoms with Crippen LogP contribution in [0.3, 0.4) is 0 Å². The van der Waals surface area contributed by atoms with Crippen LogP contribution < -0.4 is 23.6 Å². The van der Waals surface area contributed by atoms with Gasteiger partial charge < -0.3 is 9.53 Å². The fraction of sp³-hybridized carbons (Fsp3) is 0.286. The van der Waals surface area contributed by atoms with E-state index in [4.69, 9.17) is 4.74 Å². The molecule has 1 aromatic rings. The minimum Gasteiger partial charge on any atom is -0.496 e. The van der Waals surface area contributed by atoms with E-state index in [1.54, 1.807) is 13.2 Å². The van der Waals surface area contributed by atoms with Crippen molar-refractivity contribution >= 4 is 6.29 Å². The van der Waals surface area contributed by atoms with Gasteiger partial charge in [0.1, 0.15) is 12.2 Å². The van der Waals surface area contributed by atoms with E-state index >= 15 is 0 Å². The average molecular weight is 158 g/mol. The van der Waals surface area contributed by atoms with Gasteiger partial charge in [-0.2, -0.15) is 0 Å². The van der Waals surface area contributed by atoms with Gasteiger partial charge in [0.05, 0.1) is 7.11 Å². The third-order valence-electron chi connectivity index (χ3n) is 1.33. The second kappa shape index (κ2) is 4.91. The van der Waals surface area contributed by atoms with Crippen LogP contribution in [0.15, 0.2) is 6.33 Å². The molecule has 0 unspecified atom stereocenters. The second-order valence-electron chi connectivity index (χ2n) is 1.96. The third kappa shape index (κ3) is 2.07. The van der Waals surface area contributed by atoms with Crippen molar-refractivity contribution in [3.8, 4) is 5.88 Å². The largest absolute Gasteiger partial charge is 1.00 e. The molecule has 0 fully saturated rings. The summed E-state index contributed by atoms with van der Waals surface area (Å²) in [6, 6.07) is 0. The van der Waals surface area contributed by atoms with Gasteiger partial charge >= 0.3 is 18.9 Å². The van der Waals surface area contributed by atoms with Crippen molar-refractivity contribution in [2.75, 3.05) is 7.11 Å². The Labute approximate surface area is 82.5 Å². The average Bonchev–Trinajstić information content (AvgIpc) is 2.05. The zero-order valence-electron chi connectivity index (χ0n) is 7.29. The predicted molar refractivity (Wildman–Crippen MR) is 38.1 cm³/mol. The fourth-order valence-corrected chi connectivity index (χ4v) is 0.743. The van der Waals surface area contributed by atoms with Crippen LogP contribution in [0.4, 0.5) is 0 Å². The molecule has 0 spiro atoms. The van der Waals surface area contributed by atoms with Crippen LogP contribution in [0.5, 0.6) is 5.88 Å². The molecule has 5 heteroatoms. The van der Waals surface area contributed by atoms with Gasteiger partial charge in [0.25, 0.3) is 0 Å². The maximum absolute atomic E-state index is 10.2. The molecule has 12 heavy (non-hydrogen) atoms. The van der Waals surface area contributed by atoms with Gasteiger partial charge in [0, 0.05) is 6.29 Å². The number of ether oxygens (including phenoxy) is 1. The molecule has 0 N–H and O–H groups in total. The number of hydrogen-bond donors (Lipinski definition) is 0. The number of hydrogen-bond acceptors (Lipinski definition) is 4. The molecule has 0 aliphatic carbocycles. The molecule has 0 saturated heterocycles. The molecule has 0 atom stereocenters. The van der Waals surface area contributed by atoms with Crippen molar-refractivity contribution in [3.05, 3.63) is 17.6 Å². The molecule has 0 amide bonds. The van der Waals surface area contributed by atoms with Gasteiger partial charge in [-0.3, -0.25) is 4.98 Å². The molecule has 0 saturated carbocycles.